The number of anilines is 1. The van der Waals surface area contributed by atoms with Crippen molar-refractivity contribution in [1.82, 2.24) is 4.90 Å². The first kappa shape index (κ1) is 21.1. The first-order valence-corrected chi connectivity index (χ1v) is 9.21. The highest BCUT2D eigenvalue weighted by Gasteiger charge is 2.43. The summed E-state index contributed by atoms with van der Waals surface area (Å²) in [6.07, 6.45) is 2.30. The summed E-state index contributed by atoms with van der Waals surface area (Å²) in [7, 11) is 0. The minimum atomic E-state index is -1.21. The SMILES string of the molecule is CC1C(C=CC(N)=O)=CN2C(=O)c3cccc(OC(=O)CCC(=O)O)c3NC(O)C12. The van der Waals surface area contributed by atoms with Crippen LogP contribution in [0.1, 0.15) is 30.1 Å². The number of carbonyl (C=O) groups excluding carboxylic acids is 3. The van der Waals surface area contributed by atoms with Crippen molar-refractivity contribution in [2.45, 2.75) is 32.0 Å². The molecular formula is C20H21N3O7. The molecule has 0 saturated heterocycles. The van der Waals surface area contributed by atoms with Gasteiger partial charge >= 0.3 is 11.9 Å². The second kappa shape index (κ2) is 8.37. The van der Waals surface area contributed by atoms with Crippen LogP contribution in [0.2, 0.25) is 0 Å². The molecule has 1 aromatic carbocycles. The Morgan fingerprint density at radius 2 is 2.03 bits per heavy atom. The Kier molecular flexibility index (Phi) is 5.88. The van der Waals surface area contributed by atoms with Crippen LogP contribution in [-0.4, -0.2) is 51.1 Å². The minimum absolute atomic E-state index is 0.0157. The van der Waals surface area contributed by atoms with Crippen molar-refractivity contribution in [3.8, 4) is 5.75 Å². The third-order valence-corrected chi connectivity index (χ3v) is 4.96. The van der Waals surface area contributed by atoms with Gasteiger partial charge in [-0.05, 0) is 17.7 Å². The van der Waals surface area contributed by atoms with Gasteiger partial charge in [-0.25, -0.2) is 0 Å². The van der Waals surface area contributed by atoms with E-state index in [4.69, 9.17) is 15.6 Å². The molecule has 2 heterocycles. The van der Waals surface area contributed by atoms with Crippen LogP contribution in [0.5, 0.6) is 5.75 Å². The number of para-hydroxylation sites is 1. The molecule has 10 nitrogen and oxygen atoms in total. The van der Waals surface area contributed by atoms with Crippen molar-refractivity contribution in [2.24, 2.45) is 11.7 Å². The van der Waals surface area contributed by atoms with Crippen LogP contribution in [0.25, 0.3) is 0 Å². The summed E-state index contributed by atoms with van der Waals surface area (Å²) in [4.78, 5) is 48.1. The summed E-state index contributed by atoms with van der Waals surface area (Å²) in [5, 5.41) is 22.3. The number of carboxylic acids is 1. The summed E-state index contributed by atoms with van der Waals surface area (Å²) >= 11 is 0. The Labute approximate surface area is 171 Å². The van der Waals surface area contributed by atoms with Crippen LogP contribution >= 0.6 is 0 Å². The maximum atomic E-state index is 13.1. The highest BCUT2D eigenvalue weighted by Crippen LogP contribution is 2.39. The standard InChI is InChI=1S/C20H21N3O7/c1-10-11(5-6-14(21)24)9-23-18(10)19(28)22-17-12(20(23)29)3-2-4-13(17)30-16(27)8-7-15(25)26/h2-6,9-10,18-19,22,28H,7-8H2,1H3,(H2,21,24)(H,25,26). The normalized spacial score (nSPS) is 22.6. The lowest BCUT2D eigenvalue weighted by Crippen LogP contribution is -2.45. The summed E-state index contributed by atoms with van der Waals surface area (Å²) in [5.74, 6) is -3.27. The molecule has 3 unspecified atom stereocenters. The Morgan fingerprint density at radius 1 is 1.30 bits per heavy atom. The van der Waals surface area contributed by atoms with E-state index in [1.807, 2.05) is 0 Å². The molecular weight excluding hydrogens is 394 g/mol. The molecule has 0 aliphatic carbocycles. The topological polar surface area (TPSA) is 159 Å². The minimum Gasteiger partial charge on any atom is -0.481 e. The summed E-state index contributed by atoms with van der Waals surface area (Å²) in [6.45, 7) is 1.79. The molecule has 1 aromatic rings. The number of carbonyl (C=O) groups is 4. The number of hydrogen-bond donors (Lipinski definition) is 4. The molecule has 0 bridgehead atoms. The number of fused-ring (bicyclic) bond motifs is 2. The number of aliphatic carboxylic acids is 1. The van der Waals surface area contributed by atoms with Gasteiger partial charge in [0.05, 0.1) is 30.1 Å². The van der Waals surface area contributed by atoms with Gasteiger partial charge in [-0.1, -0.05) is 19.1 Å². The number of rotatable bonds is 6. The zero-order chi connectivity index (χ0) is 22.0. The largest absolute Gasteiger partial charge is 0.481 e. The predicted octanol–water partition coefficient (Wildman–Crippen LogP) is 0.587. The lowest BCUT2D eigenvalue weighted by molar-refractivity contribution is -0.142. The number of amides is 2. The van der Waals surface area contributed by atoms with E-state index in [0.29, 0.717) is 5.57 Å². The molecule has 0 radical (unpaired) electrons. The first-order valence-electron chi connectivity index (χ1n) is 9.21. The van der Waals surface area contributed by atoms with E-state index in [0.717, 1.165) is 0 Å². The van der Waals surface area contributed by atoms with Crippen molar-refractivity contribution in [1.29, 1.82) is 0 Å². The highest BCUT2D eigenvalue weighted by atomic mass is 16.5. The fourth-order valence-electron chi connectivity index (χ4n) is 3.49. The molecule has 158 valence electrons. The van der Waals surface area contributed by atoms with Crippen molar-refractivity contribution in [3.05, 3.63) is 47.7 Å². The summed E-state index contributed by atoms with van der Waals surface area (Å²) < 4.78 is 5.23. The molecule has 0 saturated carbocycles. The zero-order valence-corrected chi connectivity index (χ0v) is 16.1. The lowest BCUT2D eigenvalue weighted by atomic mass is 9.95. The van der Waals surface area contributed by atoms with Gasteiger partial charge in [0.2, 0.25) is 5.91 Å². The van der Waals surface area contributed by atoms with Crippen molar-refractivity contribution in [3.63, 3.8) is 0 Å². The van der Waals surface area contributed by atoms with Crippen LogP contribution in [0.3, 0.4) is 0 Å². The van der Waals surface area contributed by atoms with E-state index in [1.54, 1.807) is 13.1 Å². The predicted molar refractivity (Wildman–Crippen MR) is 104 cm³/mol. The number of ether oxygens (including phenoxy) is 1. The molecule has 3 rings (SSSR count). The van der Waals surface area contributed by atoms with Crippen LogP contribution in [-0.2, 0) is 14.4 Å². The molecule has 3 atom stereocenters. The van der Waals surface area contributed by atoms with Gasteiger partial charge in [-0.3, -0.25) is 19.2 Å². The van der Waals surface area contributed by atoms with Gasteiger partial charge < -0.3 is 30.9 Å². The first-order chi connectivity index (χ1) is 14.2. The molecule has 30 heavy (non-hydrogen) atoms. The maximum Gasteiger partial charge on any atom is 0.311 e. The smallest absolute Gasteiger partial charge is 0.311 e. The number of nitrogens with two attached hydrogens (primary N) is 1. The average Bonchev–Trinajstić information content (AvgIpc) is 2.96. The molecule has 0 spiro atoms. The Balaban J connectivity index is 1.92. The molecule has 0 fully saturated rings. The Hall–Kier alpha value is -3.66. The van der Waals surface area contributed by atoms with Gasteiger partial charge in [0.15, 0.2) is 5.75 Å². The van der Waals surface area contributed by atoms with Gasteiger partial charge in [-0.15, -0.1) is 0 Å². The second-order valence-corrected chi connectivity index (χ2v) is 6.99. The Morgan fingerprint density at radius 3 is 2.70 bits per heavy atom. The molecule has 10 heteroatoms. The van der Waals surface area contributed by atoms with E-state index in [1.165, 1.54) is 35.3 Å². The van der Waals surface area contributed by atoms with Crippen LogP contribution < -0.4 is 15.8 Å². The number of nitrogens with one attached hydrogen (secondary N) is 1. The summed E-state index contributed by atoms with van der Waals surface area (Å²) in [6, 6.07) is 3.81. The second-order valence-electron chi connectivity index (χ2n) is 6.99. The number of aliphatic hydroxyl groups excluding tert-OH is 1. The molecule has 5 N–H and O–H groups in total. The number of benzene rings is 1. The maximum absolute atomic E-state index is 13.1. The molecule has 2 aliphatic heterocycles. The van der Waals surface area contributed by atoms with Crippen molar-refractivity contribution in [2.75, 3.05) is 5.32 Å². The lowest BCUT2D eigenvalue weighted by Gasteiger charge is -2.28. The number of esters is 1. The number of carboxylic acid groups (broad SMARTS) is 1. The number of hydrogen-bond acceptors (Lipinski definition) is 7. The van der Waals surface area contributed by atoms with Gasteiger partial charge in [-0.2, -0.15) is 0 Å². The number of aliphatic hydroxyl groups is 1. The number of primary amides is 1. The molecule has 0 aromatic heterocycles. The van der Waals surface area contributed by atoms with E-state index in [9.17, 15) is 24.3 Å². The van der Waals surface area contributed by atoms with Crippen molar-refractivity contribution >= 4 is 29.4 Å². The monoisotopic (exact) mass is 415 g/mol. The van der Waals surface area contributed by atoms with Crippen LogP contribution in [0.4, 0.5) is 5.69 Å². The van der Waals surface area contributed by atoms with Gasteiger partial charge in [0, 0.05) is 18.2 Å². The van der Waals surface area contributed by atoms with E-state index >= 15 is 0 Å². The Bertz CT molecular complexity index is 969. The van der Waals surface area contributed by atoms with Crippen molar-refractivity contribution < 1.29 is 34.1 Å². The number of nitrogens with zero attached hydrogens (tertiary/aromatic N) is 1. The van der Waals surface area contributed by atoms with Gasteiger partial charge in [0.25, 0.3) is 5.91 Å². The van der Waals surface area contributed by atoms with Crippen LogP contribution in [0.15, 0.2) is 42.1 Å². The number of allylic oxidation sites excluding steroid dienone is 1. The molecule has 2 aliphatic rings. The summed E-state index contributed by atoms with van der Waals surface area (Å²) in [5.41, 5.74) is 6.09. The zero-order valence-electron chi connectivity index (χ0n) is 16.1. The van der Waals surface area contributed by atoms with Crippen LogP contribution in [0, 0.1) is 5.92 Å². The fraction of sp³-hybridized carbons (Fsp3) is 0.300. The van der Waals surface area contributed by atoms with Gasteiger partial charge in [0.1, 0.15) is 6.23 Å². The third kappa shape index (κ3) is 4.18. The average molecular weight is 415 g/mol. The molecule has 2 amide bonds. The highest BCUT2D eigenvalue weighted by molar-refractivity contribution is 6.03. The third-order valence-electron chi connectivity index (χ3n) is 4.96. The quantitative estimate of drug-likeness (QED) is 0.298. The van der Waals surface area contributed by atoms with E-state index < -0.39 is 36.0 Å². The van der Waals surface area contributed by atoms with E-state index in [2.05, 4.69) is 5.32 Å². The fourth-order valence-corrected chi connectivity index (χ4v) is 3.49. The van der Waals surface area contributed by atoms with E-state index in [-0.39, 0.29) is 35.8 Å².